The van der Waals surface area contributed by atoms with Gasteiger partial charge in [0.15, 0.2) is 16.7 Å². The van der Waals surface area contributed by atoms with Gasteiger partial charge in [-0.15, -0.1) is 0 Å². The third-order valence-electron chi connectivity index (χ3n) is 2.89. The first kappa shape index (κ1) is 16.7. The van der Waals surface area contributed by atoms with Crippen molar-refractivity contribution in [2.24, 2.45) is 0 Å². The van der Waals surface area contributed by atoms with Crippen LogP contribution < -0.4 is 10.3 Å². The molecule has 2 aromatic rings. The number of nitro benzene ring substituents is 1. The molecule has 0 saturated carbocycles. The number of nitrogens with zero attached hydrogens (tertiary/aromatic N) is 2. The van der Waals surface area contributed by atoms with Gasteiger partial charge in [0.1, 0.15) is 0 Å². The van der Waals surface area contributed by atoms with E-state index in [9.17, 15) is 19.7 Å². The molecule has 8 nitrogen and oxygen atoms in total. The van der Waals surface area contributed by atoms with Crippen molar-refractivity contribution in [3.63, 3.8) is 0 Å². The van der Waals surface area contributed by atoms with Gasteiger partial charge in [0.05, 0.1) is 17.8 Å². The topological polar surface area (TPSA) is 115 Å². The molecule has 1 aromatic carbocycles. The van der Waals surface area contributed by atoms with E-state index in [0.717, 1.165) is 11.8 Å². The number of aromatic amines is 1. The van der Waals surface area contributed by atoms with E-state index < -0.39 is 4.92 Å². The number of carbonyl (C=O) groups excluding carboxylic acids is 1. The second-order valence-electron chi connectivity index (χ2n) is 4.55. The van der Waals surface area contributed by atoms with Crippen LogP contribution in [0.1, 0.15) is 16.1 Å². The molecule has 0 saturated heterocycles. The van der Waals surface area contributed by atoms with Crippen LogP contribution in [0.25, 0.3) is 0 Å². The summed E-state index contributed by atoms with van der Waals surface area (Å²) in [6.07, 6.45) is 0. The van der Waals surface area contributed by atoms with Gasteiger partial charge in [-0.25, -0.2) is 4.98 Å². The Kier molecular flexibility index (Phi) is 5.12. The number of ketones is 1. The highest BCUT2D eigenvalue weighted by atomic mass is 32.2. The zero-order valence-electron chi connectivity index (χ0n) is 12.4. The van der Waals surface area contributed by atoms with Gasteiger partial charge in [-0.1, -0.05) is 11.8 Å². The maximum Gasteiger partial charge on any atom is 0.311 e. The molecule has 0 aliphatic heterocycles. The largest absolute Gasteiger partial charge is 0.490 e. The summed E-state index contributed by atoms with van der Waals surface area (Å²) >= 11 is 1.06. The van der Waals surface area contributed by atoms with Gasteiger partial charge in [0.2, 0.25) is 0 Å². The lowest BCUT2D eigenvalue weighted by molar-refractivity contribution is -0.385. The number of benzene rings is 1. The number of carbonyl (C=O) groups is 1. The fraction of sp³-hybridized carbons (Fsp3) is 0.214. The Morgan fingerprint density at radius 1 is 1.43 bits per heavy atom. The number of methoxy groups -OCH3 is 1. The lowest BCUT2D eigenvalue weighted by Gasteiger charge is -2.05. The van der Waals surface area contributed by atoms with Crippen LogP contribution in [0, 0.1) is 17.0 Å². The first-order chi connectivity index (χ1) is 10.9. The molecule has 0 spiro atoms. The quantitative estimate of drug-likeness (QED) is 0.282. The van der Waals surface area contributed by atoms with Crippen LogP contribution in [-0.4, -0.2) is 33.5 Å². The lowest BCUT2D eigenvalue weighted by atomic mass is 10.1. The minimum atomic E-state index is -0.609. The first-order valence-electron chi connectivity index (χ1n) is 6.47. The fourth-order valence-corrected chi connectivity index (χ4v) is 2.66. The standard InChI is InChI=1S/C14H13N3O5S/c1-8-5-13(19)16-14(15-8)23-7-11(18)9-3-4-12(22-2)10(6-9)17(20)21/h3-6H,7H2,1-2H3,(H,15,16,19). The molecule has 23 heavy (non-hydrogen) atoms. The van der Waals surface area contributed by atoms with Crippen molar-refractivity contribution >= 4 is 23.2 Å². The summed E-state index contributed by atoms with van der Waals surface area (Å²) < 4.78 is 4.89. The number of nitro groups is 1. The molecule has 0 atom stereocenters. The average Bonchev–Trinajstić information content (AvgIpc) is 2.51. The second-order valence-corrected chi connectivity index (χ2v) is 5.51. The summed E-state index contributed by atoms with van der Waals surface area (Å²) in [6.45, 7) is 1.67. The highest BCUT2D eigenvalue weighted by Gasteiger charge is 2.18. The predicted molar refractivity (Wildman–Crippen MR) is 84.3 cm³/mol. The summed E-state index contributed by atoms with van der Waals surface area (Å²) in [5.74, 6) is -0.232. The molecule has 0 aliphatic rings. The van der Waals surface area contributed by atoms with E-state index in [1.807, 2.05) is 0 Å². The molecule has 0 bridgehead atoms. The molecule has 1 heterocycles. The van der Waals surface area contributed by atoms with Gasteiger partial charge in [0, 0.05) is 23.4 Å². The predicted octanol–water partition coefficient (Wildman–Crippen LogP) is 1.97. The van der Waals surface area contributed by atoms with E-state index in [1.165, 1.54) is 31.4 Å². The Hall–Kier alpha value is -2.68. The van der Waals surface area contributed by atoms with E-state index in [0.29, 0.717) is 10.9 Å². The van der Waals surface area contributed by atoms with Crippen molar-refractivity contribution in [2.75, 3.05) is 12.9 Å². The summed E-state index contributed by atoms with van der Waals surface area (Å²) in [6, 6.07) is 5.36. The maximum absolute atomic E-state index is 12.2. The van der Waals surface area contributed by atoms with Crippen LogP contribution in [0.4, 0.5) is 5.69 Å². The smallest absolute Gasteiger partial charge is 0.311 e. The van der Waals surface area contributed by atoms with Crippen molar-refractivity contribution in [2.45, 2.75) is 12.1 Å². The minimum absolute atomic E-state index is 0.00409. The van der Waals surface area contributed by atoms with Gasteiger partial charge in [-0.2, -0.15) is 0 Å². The Bertz CT molecular complexity index is 818. The van der Waals surface area contributed by atoms with Crippen LogP contribution in [0.3, 0.4) is 0 Å². The monoisotopic (exact) mass is 335 g/mol. The van der Waals surface area contributed by atoms with E-state index in [2.05, 4.69) is 9.97 Å². The summed E-state index contributed by atoms with van der Waals surface area (Å²) in [4.78, 5) is 40.5. The normalized spacial score (nSPS) is 10.3. The number of aromatic nitrogens is 2. The number of Topliss-reactive ketones (excluding diaryl/α,β-unsaturated/α-hetero) is 1. The average molecular weight is 335 g/mol. The van der Waals surface area contributed by atoms with Gasteiger partial charge in [0.25, 0.3) is 5.56 Å². The van der Waals surface area contributed by atoms with Gasteiger partial charge in [-0.05, 0) is 19.1 Å². The van der Waals surface area contributed by atoms with Crippen LogP contribution in [0.5, 0.6) is 5.75 Å². The molecule has 1 aromatic heterocycles. The number of thioether (sulfide) groups is 1. The van der Waals surface area contributed by atoms with Crippen molar-refractivity contribution < 1.29 is 14.5 Å². The van der Waals surface area contributed by atoms with Crippen molar-refractivity contribution in [3.05, 3.63) is 56.0 Å². The van der Waals surface area contributed by atoms with Gasteiger partial charge in [-0.3, -0.25) is 19.7 Å². The Balaban J connectivity index is 2.16. The molecule has 120 valence electrons. The van der Waals surface area contributed by atoms with E-state index in [4.69, 9.17) is 4.74 Å². The third-order valence-corrected chi connectivity index (χ3v) is 3.76. The van der Waals surface area contributed by atoms with Crippen LogP contribution in [-0.2, 0) is 0 Å². The number of nitrogens with one attached hydrogen (secondary N) is 1. The molecule has 0 radical (unpaired) electrons. The Labute approximate surface area is 135 Å². The fourth-order valence-electron chi connectivity index (χ4n) is 1.84. The molecule has 0 amide bonds. The lowest BCUT2D eigenvalue weighted by Crippen LogP contribution is -2.10. The number of hydrogen-bond acceptors (Lipinski definition) is 7. The van der Waals surface area contributed by atoms with Crippen molar-refractivity contribution in [1.82, 2.24) is 9.97 Å². The highest BCUT2D eigenvalue weighted by Crippen LogP contribution is 2.28. The van der Waals surface area contributed by atoms with Crippen molar-refractivity contribution in [3.8, 4) is 5.75 Å². The van der Waals surface area contributed by atoms with Gasteiger partial charge >= 0.3 is 5.69 Å². The van der Waals surface area contributed by atoms with Crippen LogP contribution >= 0.6 is 11.8 Å². The Morgan fingerprint density at radius 3 is 2.78 bits per heavy atom. The van der Waals surface area contributed by atoms with Crippen LogP contribution in [0.15, 0.2) is 34.2 Å². The van der Waals surface area contributed by atoms with E-state index in [1.54, 1.807) is 6.92 Å². The van der Waals surface area contributed by atoms with E-state index >= 15 is 0 Å². The molecule has 0 aliphatic carbocycles. The number of hydrogen-bond donors (Lipinski definition) is 1. The number of H-pyrrole nitrogens is 1. The van der Waals surface area contributed by atoms with Gasteiger partial charge < -0.3 is 9.72 Å². The number of rotatable bonds is 6. The molecule has 9 heteroatoms. The molecule has 0 unspecified atom stereocenters. The summed E-state index contributed by atoms with van der Waals surface area (Å²) in [5, 5.41) is 11.3. The summed E-state index contributed by atoms with van der Waals surface area (Å²) in [5.41, 5.74) is 0.168. The zero-order chi connectivity index (χ0) is 17.0. The first-order valence-corrected chi connectivity index (χ1v) is 7.45. The third kappa shape index (κ3) is 4.16. The number of ether oxygens (including phenoxy) is 1. The van der Waals surface area contributed by atoms with E-state index in [-0.39, 0.29) is 34.1 Å². The SMILES string of the molecule is COc1ccc(C(=O)CSc2nc(C)cc(=O)[nH]2)cc1[N+](=O)[O-]. The second kappa shape index (κ2) is 7.05. The zero-order valence-corrected chi connectivity index (χ0v) is 13.2. The Morgan fingerprint density at radius 2 is 2.17 bits per heavy atom. The van der Waals surface area contributed by atoms with Crippen LogP contribution in [0.2, 0.25) is 0 Å². The highest BCUT2D eigenvalue weighted by molar-refractivity contribution is 7.99. The molecular formula is C14H13N3O5S. The molecule has 2 rings (SSSR count). The minimum Gasteiger partial charge on any atom is -0.490 e. The summed E-state index contributed by atoms with van der Waals surface area (Å²) in [7, 11) is 1.32. The molecule has 1 N–H and O–H groups in total. The number of aryl methyl sites for hydroxylation is 1. The maximum atomic E-state index is 12.2. The molecule has 0 fully saturated rings. The van der Waals surface area contributed by atoms with Crippen molar-refractivity contribution in [1.29, 1.82) is 0 Å². The molecular weight excluding hydrogens is 322 g/mol.